The molecular weight excluding hydrogens is 476 g/mol. The molecular formula is C27H26N4O4S. The van der Waals surface area contributed by atoms with Crippen LogP contribution in [0.1, 0.15) is 36.7 Å². The first-order valence-electron chi connectivity index (χ1n) is 11.5. The Morgan fingerprint density at radius 2 is 1.83 bits per heavy atom. The number of carbonyl (C=O) groups is 1. The highest BCUT2D eigenvalue weighted by atomic mass is 32.2. The van der Waals surface area contributed by atoms with Gasteiger partial charge in [0.2, 0.25) is 10.0 Å². The molecule has 1 N–H and O–H groups in total. The standard InChI is InChI=1S/C27H26N4O4S/c1-3-4-12-25-29-23-10-7-8-21(17-28)26(23)31(25)18-19-13-15-20(16-14-19)22-9-5-6-11-24(22)35-27(32)30-36(2,33)34/h5-11,13-16H,3-4,12,18H2,1-2H3,(H,30,32). The lowest BCUT2D eigenvalue weighted by molar-refractivity contribution is 0.207. The maximum atomic E-state index is 12.0. The number of nitrogens with one attached hydrogen (secondary N) is 1. The second kappa shape index (κ2) is 10.6. The fourth-order valence-electron chi connectivity index (χ4n) is 4.06. The number of hydrogen-bond donors (Lipinski definition) is 1. The molecule has 36 heavy (non-hydrogen) atoms. The van der Waals surface area contributed by atoms with Gasteiger partial charge >= 0.3 is 6.09 Å². The molecule has 1 aromatic heterocycles. The van der Waals surface area contributed by atoms with Gasteiger partial charge in [0.25, 0.3) is 0 Å². The van der Waals surface area contributed by atoms with Gasteiger partial charge < -0.3 is 9.30 Å². The van der Waals surface area contributed by atoms with E-state index < -0.39 is 16.1 Å². The van der Waals surface area contributed by atoms with Gasteiger partial charge in [0.05, 0.1) is 22.9 Å². The molecule has 184 valence electrons. The molecule has 0 saturated carbocycles. The van der Waals surface area contributed by atoms with E-state index in [0.29, 0.717) is 17.7 Å². The average Bonchev–Trinajstić information content (AvgIpc) is 3.19. The molecule has 4 aromatic rings. The van der Waals surface area contributed by atoms with E-state index in [0.717, 1.165) is 53.5 Å². The monoisotopic (exact) mass is 502 g/mol. The Hall–Kier alpha value is -4.16. The van der Waals surface area contributed by atoms with Crippen molar-refractivity contribution in [2.75, 3.05) is 6.26 Å². The second-order valence-electron chi connectivity index (χ2n) is 8.46. The van der Waals surface area contributed by atoms with E-state index in [1.165, 1.54) is 0 Å². The van der Waals surface area contributed by atoms with Crippen molar-refractivity contribution in [2.45, 2.75) is 32.7 Å². The van der Waals surface area contributed by atoms with Crippen molar-refractivity contribution in [3.05, 3.63) is 83.7 Å². The number of imidazole rings is 1. The van der Waals surface area contributed by atoms with Crippen molar-refractivity contribution in [2.24, 2.45) is 0 Å². The first-order valence-corrected chi connectivity index (χ1v) is 13.4. The zero-order valence-corrected chi connectivity index (χ0v) is 20.9. The summed E-state index contributed by atoms with van der Waals surface area (Å²) in [7, 11) is -3.73. The summed E-state index contributed by atoms with van der Waals surface area (Å²) in [6.45, 7) is 2.70. The summed E-state index contributed by atoms with van der Waals surface area (Å²) in [6.07, 6.45) is 2.70. The van der Waals surface area contributed by atoms with Gasteiger partial charge in [-0.25, -0.2) is 22.9 Å². The van der Waals surface area contributed by atoms with Crippen LogP contribution in [0.5, 0.6) is 5.75 Å². The van der Waals surface area contributed by atoms with E-state index in [-0.39, 0.29) is 5.75 Å². The summed E-state index contributed by atoms with van der Waals surface area (Å²) in [6, 6.07) is 22.6. The number of unbranched alkanes of at least 4 members (excludes halogenated alkanes) is 1. The molecule has 3 aromatic carbocycles. The van der Waals surface area contributed by atoms with Crippen molar-refractivity contribution in [3.63, 3.8) is 0 Å². The minimum Gasteiger partial charge on any atom is -0.409 e. The Morgan fingerprint density at radius 1 is 1.08 bits per heavy atom. The number of ether oxygens (including phenoxy) is 1. The lowest BCUT2D eigenvalue weighted by Gasteiger charge is -2.13. The molecule has 0 bridgehead atoms. The quantitative estimate of drug-likeness (QED) is 0.362. The summed E-state index contributed by atoms with van der Waals surface area (Å²) in [5.74, 6) is 1.20. The lowest BCUT2D eigenvalue weighted by Crippen LogP contribution is -2.32. The molecule has 0 fully saturated rings. The van der Waals surface area contributed by atoms with Gasteiger partial charge in [-0.3, -0.25) is 0 Å². The maximum Gasteiger partial charge on any atom is 0.426 e. The van der Waals surface area contributed by atoms with E-state index in [9.17, 15) is 18.5 Å². The lowest BCUT2D eigenvalue weighted by atomic mass is 10.0. The normalized spacial score (nSPS) is 11.2. The zero-order valence-electron chi connectivity index (χ0n) is 20.1. The molecule has 9 heteroatoms. The number of hydrogen-bond acceptors (Lipinski definition) is 6. The molecule has 0 radical (unpaired) electrons. The molecule has 0 aliphatic carbocycles. The fourth-order valence-corrected chi connectivity index (χ4v) is 4.40. The maximum absolute atomic E-state index is 12.0. The highest BCUT2D eigenvalue weighted by Gasteiger charge is 2.16. The number of sulfonamides is 1. The number of nitriles is 1. The number of benzene rings is 3. The number of aryl methyl sites for hydroxylation is 1. The average molecular weight is 503 g/mol. The Kier molecular flexibility index (Phi) is 7.36. The first kappa shape index (κ1) is 24.9. The van der Waals surface area contributed by atoms with Crippen LogP contribution >= 0.6 is 0 Å². The Morgan fingerprint density at radius 3 is 2.53 bits per heavy atom. The van der Waals surface area contributed by atoms with Crippen molar-refractivity contribution in [1.29, 1.82) is 5.26 Å². The molecule has 0 aliphatic rings. The minimum absolute atomic E-state index is 0.243. The Labute approximate surface area is 210 Å². The molecule has 8 nitrogen and oxygen atoms in total. The molecule has 4 rings (SSSR count). The molecule has 0 aliphatic heterocycles. The van der Waals surface area contributed by atoms with Gasteiger partial charge in [0.1, 0.15) is 17.6 Å². The first-order chi connectivity index (χ1) is 17.3. The van der Waals surface area contributed by atoms with Crippen molar-refractivity contribution >= 4 is 27.1 Å². The number of amides is 1. The Balaban J connectivity index is 1.63. The SMILES string of the molecule is CCCCc1nc2cccc(C#N)c2n1Cc1ccc(-c2ccccc2OC(=O)NS(C)(=O)=O)cc1. The third-order valence-electron chi connectivity index (χ3n) is 5.68. The summed E-state index contributed by atoms with van der Waals surface area (Å²) in [5, 5.41) is 9.66. The molecule has 0 unspecified atom stereocenters. The third-order valence-corrected chi connectivity index (χ3v) is 6.22. The molecule has 0 saturated heterocycles. The van der Waals surface area contributed by atoms with E-state index in [4.69, 9.17) is 9.72 Å². The number of carbonyl (C=O) groups excluding carboxylic acids is 1. The van der Waals surface area contributed by atoms with Gasteiger partial charge in [-0.05, 0) is 35.7 Å². The van der Waals surface area contributed by atoms with E-state index in [1.54, 1.807) is 22.9 Å². The predicted molar refractivity (Wildman–Crippen MR) is 138 cm³/mol. The van der Waals surface area contributed by atoms with Gasteiger partial charge in [0, 0.05) is 18.5 Å². The number of fused-ring (bicyclic) bond motifs is 1. The fraction of sp³-hybridized carbons (Fsp3) is 0.222. The van der Waals surface area contributed by atoms with Crippen LogP contribution in [0, 0.1) is 11.3 Å². The van der Waals surface area contributed by atoms with E-state index in [2.05, 4.69) is 17.6 Å². The largest absolute Gasteiger partial charge is 0.426 e. The van der Waals surface area contributed by atoms with Crippen LogP contribution in [0.3, 0.4) is 0 Å². The van der Waals surface area contributed by atoms with Crippen molar-refractivity contribution in [3.8, 4) is 22.9 Å². The predicted octanol–water partition coefficient (Wildman–Crippen LogP) is 5.01. The van der Waals surface area contributed by atoms with E-state index in [1.807, 2.05) is 48.5 Å². The van der Waals surface area contributed by atoms with Crippen molar-refractivity contribution in [1.82, 2.24) is 14.3 Å². The highest BCUT2D eigenvalue weighted by molar-refractivity contribution is 7.89. The second-order valence-corrected chi connectivity index (χ2v) is 10.2. The number of aromatic nitrogens is 2. The number of rotatable bonds is 8. The van der Waals surface area contributed by atoms with Crippen LogP contribution in [-0.4, -0.2) is 30.3 Å². The van der Waals surface area contributed by atoms with Crippen molar-refractivity contribution < 1.29 is 17.9 Å². The van der Waals surface area contributed by atoms with Crippen LogP contribution in [-0.2, 0) is 23.0 Å². The third kappa shape index (κ3) is 5.73. The smallest absolute Gasteiger partial charge is 0.409 e. The van der Waals surface area contributed by atoms with Gasteiger partial charge in [-0.1, -0.05) is 61.9 Å². The summed E-state index contributed by atoms with van der Waals surface area (Å²) in [5.41, 5.74) is 4.73. The van der Waals surface area contributed by atoms with Crippen LogP contribution in [0.25, 0.3) is 22.2 Å². The van der Waals surface area contributed by atoms with Gasteiger partial charge in [0.15, 0.2) is 0 Å². The Bertz CT molecular complexity index is 1550. The van der Waals surface area contributed by atoms with Crippen LogP contribution < -0.4 is 9.46 Å². The van der Waals surface area contributed by atoms with Crippen LogP contribution in [0.4, 0.5) is 4.79 Å². The van der Waals surface area contributed by atoms with Crippen LogP contribution in [0.2, 0.25) is 0 Å². The minimum atomic E-state index is -3.73. The van der Waals surface area contributed by atoms with E-state index >= 15 is 0 Å². The molecule has 0 atom stereocenters. The van der Waals surface area contributed by atoms with Gasteiger partial charge in [-0.2, -0.15) is 5.26 Å². The van der Waals surface area contributed by atoms with Crippen LogP contribution in [0.15, 0.2) is 66.7 Å². The molecule has 1 amide bonds. The summed E-state index contributed by atoms with van der Waals surface area (Å²) >= 11 is 0. The molecule has 1 heterocycles. The molecule has 0 spiro atoms. The summed E-state index contributed by atoms with van der Waals surface area (Å²) < 4.78 is 31.8. The number of nitrogens with zero attached hydrogens (tertiary/aromatic N) is 3. The number of para-hydroxylation sites is 2. The zero-order chi connectivity index (χ0) is 25.7. The topological polar surface area (TPSA) is 114 Å². The van der Waals surface area contributed by atoms with Gasteiger partial charge in [-0.15, -0.1) is 0 Å². The summed E-state index contributed by atoms with van der Waals surface area (Å²) in [4.78, 5) is 16.8. The highest BCUT2D eigenvalue weighted by Crippen LogP contribution is 2.31.